The van der Waals surface area contributed by atoms with Crippen LogP contribution in [-0.2, 0) is 4.79 Å². The summed E-state index contributed by atoms with van der Waals surface area (Å²) in [6, 6.07) is 1.77. The summed E-state index contributed by atoms with van der Waals surface area (Å²) in [4.78, 5) is 13.2. The Bertz CT molecular complexity index is 344. The van der Waals surface area contributed by atoms with Crippen molar-refractivity contribution in [3.63, 3.8) is 0 Å². The quantitative estimate of drug-likeness (QED) is 0.668. The van der Waals surface area contributed by atoms with Crippen LogP contribution in [0.15, 0.2) is 24.7 Å². The van der Waals surface area contributed by atoms with Gasteiger partial charge in [-0.2, -0.15) is 10.2 Å². The van der Waals surface area contributed by atoms with Crippen molar-refractivity contribution < 1.29 is 4.79 Å². The second-order valence-corrected chi connectivity index (χ2v) is 3.19. The molecule has 0 N–H and O–H groups in total. The lowest BCUT2D eigenvalue weighted by molar-refractivity contribution is -0.111. The van der Waals surface area contributed by atoms with Crippen molar-refractivity contribution in [2.24, 2.45) is 0 Å². The van der Waals surface area contributed by atoms with Crippen LogP contribution in [0.2, 0.25) is 0 Å². The number of Topliss-reactive ketones (excluding diaryl/α,β-unsaturated/α-hetero) is 1. The smallest absolute Gasteiger partial charge is 0.161 e. The molecule has 0 unspecified atom stereocenters. The van der Waals surface area contributed by atoms with Gasteiger partial charge in [0.25, 0.3) is 0 Å². The van der Waals surface area contributed by atoms with E-state index >= 15 is 0 Å². The standard InChI is InChI=1S/C10H13N3O/c1-8(14)10(7-13(2)3)9-4-5-11-12-6-9/h4-7H,1-3H3. The highest BCUT2D eigenvalue weighted by molar-refractivity contribution is 6.19. The number of hydrogen-bond donors (Lipinski definition) is 0. The Kier molecular flexibility index (Phi) is 3.34. The zero-order valence-corrected chi connectivity index (χ0v) is 8.56. The van der Waals surface area contributed by atoms with E-state index in [0.717, 1.165) is 5.56 Å². The maximum absolute atomic E-state index is 11.3. The molecular formula is C10H13N3O. The number of allylic oxidation sites excluding steroid dienone is 1. The van der Waals surface area contributed by atoms with E-state index in [2.05, 4.69) is 10.2 Å². The Morgan fingerprint density at radius 2 is 2.14 bits per heavy atom. The van der Waals surface area contributed by atoms with Crippen LogP contribution >= 0.6 is 0 Å². The summed E-state index contributed by atoms with van der Waals surface area (Å²) in [6.07, 6.45) is 4.93. The van der Waals surface area contributed by atoms with Gasteiger partial charge in [0, 0.05) is 31.4 Å². The fourth-order valence-corrected chi connectivity index (χ4v) is 1.08. The number of ketones is 1. The molecule has 0 aromatic carbocycles. The summed E-state index contributed by atoms with van der Waals surface area (Å²) in [5, 5.41) is 7.40. The summed E-state index contributed by atoms with van der Waals surface area (Å²) in [5.74, 6) is 0.0201. The maximum atomic E-state index is 11.3. The van der Waals surface area contributed by atoms with Gasteiger partial charge < -0.3 is 4.90 Å². The average Bonchev–Trinajstić information content (AvgIpc) is 2.15. The molecule has 14 heavy (non-hydrogen) atoms. The van der Waals surface area contributed by atoms with Crippen LogP contribution in [0.25, 0.3) is 5.57 Å². The van der Waals surface area contributed by atoms with Gasteiger partial charge in [-0.05, 0) is 13.0 Å². The predicted octanol–water partition coefficient (Wildman–Crippen LogP) is 0.968. The number of carbonyl (C=O) groups is 1. The van der Waals surface area contributed by atoms with E-state index in [1.54, 1.807) is 24.7 Å². The predicted molar refractivity (Wildman–Crippen MR) is 54.4 cm³/mol. The third-order valence-electron chi connectivity index (χ3n) is 1.66. The van der Waals surface area contributed by atoms with E-state index < -0.39 is 0 Å². The Balaban J connectivity index is 3.08. The second-order valence-electron chi connectivity index (χ2n) is 3.19. The van der Waals surface area contributed by atoms with Gasteiger partial charge in [-0.15, -0.1) is 0 Å². The highest BCUT2D eigenvalue weighted by atomic mass is 16.1. The Morgan fingerprint density at radius 3 is 2.57 bits per heavy atom. The molecule has 0 saturated carbocycles. The molecule has 4 nitrogen and oxygen atoms in total. The monoisotopic (exact) mass is 191 g/mol. The van der Waals surface area contributed by atoms with Crippen molar-refractivity contribution in [3.8, 4) is 0 Å². The van der Waals surface area contributed by atoms with Gasteiger partial charge in [-0.25, -0.2) is 0 Å². The van der Waals surface area contributed by atoms with Gasteiger partial charge in [0.15, 0.2) is 5.78 Å². The first-order valence-corrected chi connectivity index (χ1v) is 4.27. The van der Waals surface area contributed by atoms with Gasteiger partial charge in [-0.3, -0.25) is 4.79 Å². The van der Waals surface area contributed by atoms with E-state index in [1.165, 1.54) is 6.92 Å². The lowest BCUT2D eigenvalue weighted by Gasteiger charge is -2.08. The van der Waals surface area contributed by atoms with Crippen LogP contribution in [0.3, 0.4) is 0 Å². The molecule has 1 aromatic rings. The van der Waals surface area contributed by atoms with E-state index in [4.69, 9.17) is 0 Å². The molecular weight excluding hydrogens is 178 g/mol. The third-order valence-corrected chi connectivity index (χ3v) is 1.66. The van der Waals surface area contributed by atoms with Crippen molar-refractivity contribution in [1.82, 2.24) is 15.1 Å². The molecule has 0 spiro atoms. The normalized spacial score (nSPS) is 11.2. The molecule has 1 rings (SSSR count). The molecule has 0 fully saturated rings. The average molecular weight is 191 g/mol. The van der Waals surface area contributed by atoms with Gasteiger partial charge >= 0.3 is 0 Å². The SMILES string of the molecule is CC(=O)C(=CN(C)C)c1ccnnc1. The van der Waals surface area contributed by atoms with Crippen LogP contribution in [0.1, 0.15) is 12.5 Å². The van der Waals surface area contributed by atoms with Gasteiger partial charge in [0.1, 0.15) is 0 Å². The second kappa shape index (κ2) is 4.50. The summed E-state index contributed by atoms with van der Waals surface area (Å²) < 4.78 is 0. The molecule has 0 amide bonds. The first-order chi connectivity index (χ1) is 6.61. The molecule has 0 aliphatic carbocycles. The number of carbonyl (C=O) groups excluding carboxylic acids is 1. The van der Waals surface area contributed by atoms with Gasteiger partial charge in [-0.1, -0.05) is 0 Å². The topological polar surface area (TPSA) is 46.1 Å². The van der Waals surface area contributed by atoms with Crippen molar-refractivity contribution >= 4 is 11.4 Å². The summed E-state index contributed by atoms with van der Waals surface area (Å²) in [6.45, 7) is 1.54. The first kappa shape index (κ1) is 10.4. The van der Waals surface area contributed by atoms with Crippen LogP contribution < -0.4 is 0 Å². The molecule has 0 bridgehead atoms. The van der Waals surface area contributed by atoms with Gasteiger partial charge in [0.05, 0.1) is 12.4 Å². The Labute approximate surface area is 83.3 Å². The Morgan fingerprint density at radius 1 is 1.43 bits per heavy atom. The molecule has 4 heteroatoms. The number of rotatable bonds is 3. The Hall–Kier alpha value is -1.71. The van der Waals surface area contributed by atoms with E-state index in [1.807, 2.05) is 19.0 Å². The summed E-state index contributed by atoms with van der Waals surface area (Å²) in [7, 11) is 3.75. The van der Waals surface area contributed by atoms with Crippen molar-refractivity contribution in [2.45, 2.75) is 6.92 Å². The number of nitrogens with zero attached hydrogens (tertiary/aromatic N) is 3. The van der Waals surface area contributed by atoms with E-state index in [0.29, 0.717) is 5.57 Å². The van der Waals surface area contributed by atoms with Crippen molar-refractivity contribution in [3.05, 3.63) is 30.2 Å². The molecule has 1 aromatic heterocycles. The minimum atomic E-state index is 0.0201. The highest BCUT2D eigenvalue weighted by Gasteiger charge is 2.07. The fourth-order valence-electron chi connectivity index (χ4n) is 1.08. The summed E-state index contributed by atoms with van der Waals surface area (Å²) >= 11 is 0. The molecule has 0 aliphatic rings. The molecule has 0 radical (unpaired) electrons. The molecule has 0 atom stereocenters. The lowest BCUT2D eigenvalue weighted by atomic mass is 10.1. The zero-order valence-electron chi connectivity index (χ0n) is 8.56. The lowest BCUT2D eigenvalue weighted by Crippen LogP contribution is -2.06. The van der Waals surface area contributed by atoms with Crippen LogP contribution in [0.5, 0.6) is 0 Å². The molecule has 0 aliphatic heterocycles. The minimum absolute atomic E-state index is 0.0201. The minimum Gasteiger partial charge on any atom is -0.383 e. The van der Waals surface area contributed by atoms with Crippen LogP contribution in [0, 0.1) is 0 Å². The first-order valence-electron chi connectivity index (χ1n) is 4.27. The van der Waals surface area contributed by atoms with Crippen LogP contribution in [0.4, 0.5) is 0 Å². The molecule has 0 saturated heterocycles. The van der Waals surface area contributed by atoms with Crippen molar-refractivity contribution in [2.75, 3.05) is 14.1 Å². The maximum Gasteiger partial charge on any atom is 0.161 e. The van der Waals surface area contributed by atoms with Gasteiger partial charge in [0.2, 0.25) is 0 Å². The largest absolute Gasteiger partial charge is 0.383 e. The van der Waals surface area contributed by atoms with E-state index in [9.17, 15) is 4.79 Å². The van der Waals surface area contributed by atoms with Crippen molar-refractivity contribution in [1.29, 1.82) is 0 Å². The number of hydrogen-bond acceptors (Lipinski definition) is 4. The number of aromatic nitrogens is 2. The fraction of sp³-hybridized carbons (Fsp3) is 0.300. The molecule has 74 valence electrons. The van der Waals surface area contributed by atoms with Crippen LogP contribution in [-0.4, -0.2) is 35.0 Å². The molecule has 1 heterocycles. The van der Waals surface area contributed by atoms with E-state index in [-0.39, 0.29) is 5.78 Å². The highest BCUT2D eigenvalue weighted by Crippen LogP contribution is 2.13. The zero-order chi connectivity index (χ0) is 10.6. The summed E-state index contributed by atoms with van der Waals surface area (Å²) in [5.41, 5.74) is 1.44. The third kappa shape index (κ3) is 2.65.